The van der Waals surface area contributed by atoms with Gasteiger partial charge in [0.25, 0.3) is 0 Å². The van der Waals surface area contributed by atoms with E-state index in [0.29, 0.717) is 0 Å². The molecule has 6 heteroatoms. The molecule has 0 aliphatic heterocycles. The fourth-order valence-corrected chi connectivity index (χ4v) is 37.8. The minimum absolute atomic E-state index is 0.272. The van der Waals surface area contributed by atoms with Crippen LogP contribution in [0.25, 0.3) is 67.1 Å². The van der Waals surface area contributed by atoms with Crippen LogP contribution in [0, 0.1) is 27.7 Å². The molecule has 6 aromatic carbocycles. The average molecular weight is 891 g/mol. The molecule has 0 N–H and O–H groups in total. The van der Waals surface area contributed by atoms with Crippen molar-refractivity contribution >= 4 is 67.3 Å². The van der Waals surface area contributed by atoms with Gasteiger partial charge in [0.2, 0.25) is 0 Å². The Balaban J connectivity index is 1.32. The number of hydrogen-bond donors (Lipinski definition) is 0. The van der Waals surface area contributed by atoms with E-state index in [1.165, 1.54) is 66.8 Å². The van der Waals surface area contributed by atoms with Crippen LogP contribution < -0.4 is 0 Å². The van der Waals surface area contributed by atoms with Gasteiger partial charge in [-0.25, -0.2) is 0 Å². The number of rotatable bonds is 6. The molecule has 2 atom stereocenters. The van der Waals surface area contributed by atoms with Crippen molar-refractivity contribution in [2.24, 2.45) is 0 Å². The Bertz CT molecular complexity index is 2960. The summed E-state index contributed by atoms with van der Waals surface area (Å²) in [4.78, 5) is 0. The molecule has 0 spiro atoms. The Morgan fingerprint density at radius 3 is 1.36 bits per heavy atom. The van der Waals surface area contributed by atoms with Crippen molar-refractivity contribution in [2.75, 3.05) is 0 Å². The summed E-state index contributed by atoms with van der Waals surface area (Å²) in [5.74, 6) is 1.71. The quantitative estimate of drug-likeness (QED) is 0.156. The molecule has 2 unspecified atom stereocenters. The molecular formula is C52H44Cl2O2SiZr. The van der Waals surface area contributed by atoms with E-state index < -0.39 is 20.4 Å². The zero-order chi connectivity index (χ0) is 40.1. The minimum atomic E-state index is -5.52. The molecule has 0 radical (unpaired) electrons. The van der Waals surface area contributed by atoms with Gasteiger partial charge < -0.3 is 0 Å². The van der Waals surface area contributed by atoms with Crippen LogP contribution in [-0.2, 0) is 15.0 Å². The van der Waals surface area contributed by atoms with Gasteiger partial charge in [0.15, 0.2) is 0 Å². The molecule has 10 rings (SSSR count). The normalized spacial score (nSPS) is 16.4. The van der Waals surface area contributed by atoms with Crippen LogP contribution in [0.1, 0.15) is 63.3 Å². The van der Waals surface area contributed by atoms with Gasteiger partial charge in [-0.1, -0.05) is 0 Å². The number of benzene rings is 6. The SMILES string of the molecule is Cc1cccc(-c2c(C)ccc3c2C=C(c2occ4ccccc24)[CH]3[Zr]([Cl])([Cl])([CH]2C(c3occ4ccccc34)=Cc3c2ccc(C)c3-c2cccc(C)c2)=[Si](C)C)c1. The van der Waals surface area contributed by atoms with E-state index in [9.17, 15) is 0 Å². The fourth-order valence-electron chi connectivity index (χ4n) is 10.2. The predicted octanol–water partition coefficient (Wildman–Crippen LogP) is 15.9. The number of furan rings is 2. The maximum atomic E-state index is 9.11. The van der Waals surface area contributed by atoms with Crippen molar-refractivity contribution in [3.63, 3.8) is 0 Å². The van der Waals surface area contributed by atoms with Crippen molar-refractivity contribution in [1.29, 1.82) is 0 Å². The first-order chi connectivity index (χ1) is 27.9. The van der Waals surface area contributed by atoms with Crippen molar-refractivity contribution in [3.8, 4) is 22.3 Å². The summed E-state index contributed by atoms with van der Waals surface area (Å²) in [5.41, 5.74) is 15.2. The molecule has 0 saturated carbocycles. The molecule has 58 heavy (non-hydrogen) atoms. The number of fused-ring (bicyclic) bond motifs is 4. The third-order valence-corrected chi connectivity index (χ3v) is 59.2. The van der Waals surface area contributed by atoms with Crippen LogP contribution in [-0.4, -0.2) is 5.43 Å². The Morgan fingerprint density at radius 2 is 0.948 bits per heavy atom. The summed E-state index contributed by atoms with van der Waals surface area (Å²) < 4.78 is 12.8. The summed E-state index contributed by atoms with van der Waals surface area (Å²) in [6.45, 7) is 13.5. The Kier molecular flexibility index (Phi) is 9.01. The third kappa shape index (κ3) is 5.59. The molecule has 0 bridgehead atoms. The second-order valence-corrected chi connectivity index (χ2v) is 55.6. The molecule has 2 nitrogen and oxygen atoms in total. The molecule has 286 valence electrons. The molecule has 0 saturated heterocycles. The van der Waals surface area contributed by atoms with Gasteiger partial charge in [0.05, 0.1) is 0 Å². The standard InChI is InChI=1S/2C25H19O.C2H6Si.2ClH.Zr/c2*1-16-6-5-8-19(12-16)24-17(2)10-11-18-13-21(14-23(18)24)25-22-9-4-3-7-20(22)15-26-25;1-3-2;;;/h2*3-15H,1-2H3;1-2H3;2*1H;/q;;;;;+2/p-2. The fraction of sp³-hybridized carbons (Fsp3) is 0.154. The van der Waals surface area contributed by atoms with Crippen LogP contribution >= 0.6 is 17.0 Å². The number of halogens is 2. The Hall–Kier alpha value is -4.44. The summed E-state index contributed by atoms with van der Waals surface area (Å²) in [6, 6.07) is 43.8. The molecule has 2 aromatic heterocycles. The summed E-state index contributed by atoms with van der Waals surface area (Å²) in [7, 11) is 18.2. The van der Waals surface area contributed by atoms with Crippen molar-refractivity contribution < 1.29 is 23.8 Å². The van der Waals surface area contributed by atoms with Gasteiger partial charge in [0.1, 0.15) is 0 Å². The monoisotopic (exact) mass is 888 g/mol. The third-order valence-electron chi connectivity index (χ3n) is 13.0. The molecule has 8 aromatic rings. The first-order valence-electron chi connectivity index (χ1n) is 20.1. The predicted molar refractivity (Wildman–Crippen MR) is 246 cm³/mol. The van der Waals surface area contributed by atoms with Gasteiger partial charge >= 0.3 is 351 Å². The summed E-state index contributed by atoms with van der Waals surface area (Å²) in [5, 5.41) is 4.27. The van der Waals surface area contributed by atoms with E-state index in [0.717, 1.165) is 44.2 Å². The molecule has 2 aliphatic rings. The maximum absolute atomic E-state index is 9.11. The Morgan fingerprint density at radius 1 is 0.517 bits per heavy atom. The average Bonchev–Trinajstić information content (AvgIpc) is 4.00. The van der Waals surface area contributed by atoms with Gasteiger partial charge in [-0.3, -0.25) is 0 Å². The molecule has 0 amide bonds. The van der Waals surface area contributed by atoms with E-state index in [-0.39, 0.29) is 7.25 Å². The van der Waals surface area contributed by atoms with Crippen LogP contribution in [0.2, 0.25) is 13.1 Å². The summed E-state index contributed by atoms with van der Waals surface area (Å²) in [6.07, 6.45) is 8.54. The Labute approximate surface area is 348 Å². The van der Waals surface area contributed by atoms with Crippen LogP contribution in [0.5, 0.6) is 0 Å². The van der Waals surface area contributed by atoms with Gasteiger partial charge in [-0.05, 0) is 0 Å². The number of allylic oxidation sites excluding steroid dienone is 2. The second-order valence-electron chi connectivity index (χ2n) is 16.8. The van der Waals surface area contributed by atoms with E-state index in [1.54, 1.807) is 0 Å². The van der Waals surface area contributed by atoms with E-state index >= 15 is 0 Å². The van der Waals surface area contributed by atoms with Gasteiger partial charge in [-0.2, -0.15) is 0 Å². The van der Waals surface area contributed by atoms with E-state index in [1.807, 2.05) is 12.5 Å². The molecule has 2 aliphatic carbocycles. The van der Waals surface area contributed by atoms with Gasteiger partial charge in [0, 0.05) is 0 Å². The zero-order valence-corrected chi connectivity index (χ0v) is 38.6. The number of hydrogen-bond acceptors (Lipinski definition) is 2. The van der Waals surface area contributed by atoms with E-state index in [2.05, 4.69) is 174 Å². The topological polar surface area (TPSA) is 26.3 Å². The molecular weight excluding hydrogens is 847 g/mol. The van der Waals surface area contributed by atoms with Crippen LogP contribution in [0.3, 0.4) is 0 Å². The van der Waals surface area contributed by atoms with Gasteiger partial charge in [-0.15, -0.1) is 0 Å². The van der Waals surface area contributed by atoms with Crippen molar-refractivity contribution in [1.82, 2.24) is 0 Å². The van der Waals surface area contributed by atoms with Crippen LogP contribution in [0.4, 0.5) is 0 Å². The first kappa shape index (κ1) is 37.8. The number of aryl methyl sites for hydroxylation is 4. The zero-order valence-electron chi connectivity index (χ0n) is 33.6. The summed E-state index contributed by atoms with van der Waals surface area (Å²) >= 11 is -5.52. The van der Waals surface area contributed by atoms with Crippen molar-refractivity contribution in [3.05, 3.63) is 190 Å². The first-order valence-corrected chi connectivity index (χ1v) is 35.4. The van der Waals surface area contributed by atoms with Crippen molar-refractivity contribution in [2.45, 2.75) is 48.0 Å². The molecule has 0 fully saturated rings. The van der Waals surface area contributed by atoms with E-state index in [4.69, 9.17) is 25.9 Å². The molecule has 2 heterocycles. The second kappa shape index (κ2) is 13.8. The van der Waals surface area contributed by atoms with Crippen LogP contribution in [0.15, 0.2) is 143 Å².